The van der Waals surface area contributed by atoms with Gasteiger partial charge in [-0.25, -0.2) is 0 Å². The van der Waals surface area contributed by atoms with Gasteiger partial charge in [-0.05, 0) is 35.4 Å². The summed E-state index contributed by atoms with van der Waals surface area (Å²) < 4.78 is 16.6. The number of rotatable bonds is 5. The highest BCUT2D eigenvalue weighted by Crippen LogP contribution is 2.31. The number of anilines is 1. The molecular weight excluding hydrogens is 382 g/mol. The van der Waals surface area contributed by atoms with Gasteiger partial charge in [-0.2, -0.15) is 0 Å². The Morgan fingerprint density at radius 2 is 1.93 bits per heavy atom. The van der Waals surface area contributed by atoms with E-state index in [0.717, 1.165) is 16.9 Å². The summed E-state index contributed by atoms with van der Waals surface area (Å²) in [6.45, 7) is 1.07. The lowest BCUT2D eigenvalue weighted by molar-refractivity contribution is -0.112. The SMILES string of the molecule is O=C(/C=C/c1ccccc1Cl)Nc1nnc(Cc2ccc3c(c2)OCCO3)o1. The maximum absolute atomic E-state index is 12.0. The molecule has 2 aromatic carbocycles. The molecule has 4 rings (SSSR count). The highest BCUT2D eigenvalue weighted by atomic mass is 35.5. The normalized spacial score (nSPS) is 12.9. The van der Waals surface area contributed by atoms with Crippen molar-refractivity contribution < 1.29 is 18.7 Å². The van der Waals surface area contributed by atoms with Crippen molar-refractivity contribution in [2.24, 2.45) is 0 Å². The van der Waals surface area contributed by atoms with Gasteiger partial charge in [-0.1, -0.05) is 41.0 Å². The third-order valence-corrected chi connectivity index (χ3v) is 4.32. The standard InChI is InChI=1S/C20H16ClN3O4/c21-15-4-2-1-3-14(15)6-8-18(25)22-20-24-23-19(28-20)12-13-5-7-16-17(11-13)27-10-9-26-16/h1-8,11H,9-10,12H2,(H,22,24,25)/b8-6+. The number of hydrogen-bond acceptors (Lipinski definition) is 6. The minimum Gasteiger partial charge on any atom is -0.486 e. The maximum Gasteiger partial charge on any atom is 0.322 e. The molecule has 0 atom stereocenters. The smallest absolute Gasteiger partial charge is 0.322 e. The second-order valence-corrected chi connectivity index (χ2v) is 6.41. The lowest BCUT2D eigenvalue weighted by atomic mass is 10.1. The summed E-state index contributed by atoms with van der Waals surface area (Å²) in [6.07, 6.45) is 3.38. The lowest BCUT2D eigenvalue weighted by Crippen LogP contribution is -2.15. The second-order valence-electron chi connectivity index (χ2n) is 6.00. The Bertz CT molecular complexity index is 1030. The Labute approximate surface area is 165 Å². The van der Waals surface area contributed by atoms with Gasteiger partial charge < -0.3 is 13.9 Å². The van der Waals surface area contributed by atoms with Crippen LogP contribution in [0.1, 0.15) is 17.0 Å². The zero-order valence-corrected chi connectivity index (χ0v) is 15.5. The van der Waals surface area contributed by atoms with Crippen LogP contribution < -0.4 is 14.8 Å². The van der Waals surface area contributed by atoms with Crippen LogP contribution in [-0.4, -0.2) is 29.3 Å². The summed E-state index contributed by atoms with van der Waals surface area (Å²) in [5.74, 6) is 1.40. The Kier molecular flexibility index (Phi) is 5.25. The van der Waals surface area contributed by atoms with Crippen molar-refractivity contribution in [1.82, 2.24) is 10.2 Å². The molecule has 0 bridgehead atoms. The van der Waals surface area contributed by atoms with E-state index in [-0.39, 0.29) is 6.01 Å². The molecule has 28 heavy (non-hydrogen) atoms. The summed E-state index contributed by atoms with van der Waals surface area (Å²) in [4.78, 5) is 12.0. The molecule has 3 aromatic rings. The van der Waals surface area contributed by atoms with Crippen molar-refractivity contribution in [3.05, 3.63) is 70.6 Å². The minimum atomic E-state index is -0.394. The van der Waals surface area contributed by atoms with Crippen LogP contribution in [0.5, 0.6) is 11.5 Å². The quantitative estimate of drug-likeness (QED) is 0.660. The van der Waals surface area contributed by atoms with E-state index in [0.29, 0.717) is 36.3 Å². The summed E-state index contributed by atoms with van der Waals surface area (Å²) in [6, 6.07) is 12.9. The third kappa shape index (κ3) is 4.32. The highest BCUT2D eigenvalue weighted by Gasteiger charge is 2.14. The van der Waals surface area contributed by atoms with Crippen molar-refractivity contribution in [2.45, 2.75) is 6.42 Å². The number of nitrogens with zero attached hydrogens (tertiary/aromatic N) is 2. The molecule has 0 saturated carbocycles. The minimum absolute atomic E-state index is 0.0290. The number of amides is 1. The molecule has 1 amide bonds. The monoisotopic (exact) mass is 397 g/mol. The van der Waals surface area contributed by atoms with E-state index in [4.69, 9.17) is 25.5 Å². The molecule has 1 aromatic heterocycles. The fourth-order valence-electron chi connectivity index (χ4n) is 2.67. The number of carbonyl (C=O) groups is 1. The second kappa shape index (κ2) is 8.14. The Morgan fingerprint density at radius 1 is 1.11 bits per heavy atom. The van der Waals surface area contributed by atoms with E-state index >= 15 is 0 Å². The third-order valence-electron chi connectivity index (χ3n) is 3.98. The maximum atomic E-state index is 12.0. The zero-order chi connectivity index (χ0) is 19.3. The summed E-state index contributed by atoms with van der Waals surface area (Å²) in [7, 11) is 0. The number of hydrogen-bond donors (Lipinski definition) is 1. The number of benzene rings is 2. The van der Waals surface area contributed by atoms with E-state index in [1.165, 1.54) is 6.08 Å². The first-order chi connectivity index (χ1) is 13.7. The molecule has 0 radical (unpaired) electrons. The number of halogens is 1. The van der Waals surface area contributed by atoms with E-state index < -0.39 is 5.91 Å². The predicted molar refractivity (Wildman–Crippen MR) is 104 cm³/mol. The van der Waals surface area contributed by atoms with Gasteiger partial charge in [0.1, 0.15) is 13.2 Å². The van der Waals surface area contributed by atoms with Gasteiger partial charge in [0.25, 0.3) is 5.91 Å². The van der Waals surface area contributed by atoms with Gasteiger partial charge in [-0.3, -0.25) is 10.1 Å². The van der Waals surface area contributed by atoms with Crippen LogP contribution >= 0.6 is 11.6 Å². The number of carbonyl (C=O) groups excluding carboxylic acids is 1. The van der Waals surface area contributed by atoms with Crippen LogP contribution in [0.2, 0.25) is 5.02 Å². The molecule has 0 fully saturated rings. The Hall–Kier alpha value is -3.32. The van der Waals surface area contributed by atoms with Gasteiger partial charge in [0.2, 0.25) is 5.89 Å². The Balaban J connectivity index is 1.38. The highest BCUT2D eigenvalue weighted by molar-refractivity contribution is 6.32. The molecule has 1 aliphatic heterocycles. The molecule has 1 N–H and O–H groups in total. The fraction of sp³-hybridized carbons (Fsp3) is 0.150. The topological polar surface area (TPSA) is 86.5 Å². The van der Waals surface area contributed by atoms with Crippen molar-refractivity contribution in [3.63, 3.8) is 0 Å². The molecular formula is C20H16ClN3O4. The van der Waals surface area contributed by atoms with Crippen molar-refractivity contribution in [2.75, 3.05) is 18.5 Å². The number of aromatic nitrogens is 2. The largest absolute Gasteiger partial charge is 0.486 e. The molecule has 0 unspecified atom stereocenters. The molecule has 142 valence electrons. The van der Waals surface area contributed by atoms with E-state index in [1.54, 1.807) is 12.1 Å². The van der Waals surface area contributed by atoms with Crippen LogP contribution in [0.3, 0.4) is 0 Å². The van der Waals surface area contributed by atoms with Crippen molar-refractivity contribution >= 4 is 29.6 Å². The van der Waals surface area contributed by atoms with Crippen LogP contribution in [0.25, 0.3) is 6.08 Å². The van der Waals surface area contributed by atoms with Crippen LogP contribution in [0, 0.1) is 0 Å². The number of fused-ring (bicyclic) bond motifs is 1. The number of ether oxygens (including phenoxy) is 2. The fourth-order valence-corrected chi connectivity index (χ4v) is 2.87. The van der Waals surface area contributed by atoms with Crippen LogP contribution in [0.15, 0.2) is 53.0 Å². The van der Waals surface area contributed by atoms with Gasteiger partial charge in [0.15, 0.2) is 11.5 Å². The van der Waals surface area contributed by atoms with E-state index in [2.05, 4.69) is 15.5 Å². The molecule has 7 nitrogen and oxygen atoms in total. The molecule has 8 heteroatoms. The molecule has 0 aliphatic carbocycles. The van der Waals surface area contributed by atoms with Crippen molar-refractivity contribution in [1.29, 1.82) is 0 Å². The van der Waals surface area contributed by atoms with Crippen LogP contribution in [-0.2, 0) is 11.2 Å². The molecule has 0 saturated heterocycles. The van der Waals surface area contributed by atoms with E-state index in [9.17, 15) is 4.79 Å². The van der Waals surface area contributed by atoms with E-state index in [1.807, 2.05) is 36.4 Å². The zero-order valence-electron chi connectivity index (χ0n) is 14.7. The average Bonchev–Trinajstić information content (AvgIpc) is 3.14. The first-order valence-electron chi connectivity index (χ1n) is 8.62. The van der Waals surface area contributed by atoms with Gasteiger partial charge in [0.05, 0.1) is 6.42 Å². The van der Waals surface area contributed by atoms with Gasteiger partial charge in [-0.15, -0.1) is 5.10 Å². The summed E-state index contributed by atoms with van der Waals surface area (Å²) in [5, 5.41) is 10.9. The van der Waals surface area contributed by atoms with Crippen molar-refractivity contribution in [3.8, 4) is 11.5 Å². The summed E-state index contributed by atoms with van der Waals surface area (Å²) >= 11 is 6.05. The molecule has 0 spiro atoms. The lowest BCUT2D eigenvalue weighted by Gasteiger charge is -2.18. The van der Waals surface area contributed by atoms with Crippen LogP contribution in [0.4, 0.5) is 6.01 Å². The average molecular weight is 398 g/mol. The first-order valence-corrected chi connectivity index (χ1v) is 9.00. The number of nitrogens with one attached hydrogen (secondary N) is 1. The Morgan fingerprint density at radius 3 is 2.79 bits per heavy atom. The van der Waals surface area contributed by atoms with Gasteiger partial charge in [0, 0.05) is 11.1 Å². The predicted octanol–water partition coefficient (Wildman–Crippen LogP) is 3.74. The molecule has 1 aliphatic rings. The molecule has 2 heterocycles. The first kappa shape index (κ1) is 18.1. The summed E-state index contributed by atoms with van der Waals surface area (Å²) in [5.41, 5.74) is 1.67. The van der Waals surface area contributed by atoms with Gasteiger partial charge >= 0.3 is 6.01 Å².